The Labute approximate surface area is 277 Å². The molecule has 0 bridgehead atoms. The molecule has 0 aromatic heterocycles. The number of carbonyl (C=O) groups is 6. The largest absolute Gasteiger partial charge is 0.463 e. The van der Waals surface area contributed by atoms with Gasteiger partial charge in [0.05, 0.1) is 29.8 Å². The molecule has 2 N–H and O–H groups in total. The van der Waals surface area contributed by atoms with Gasteiger partial charge in [0.25, 0.3) is 6.29 Å². The molecule has 5 aliphatic rings. The topological polar surface area (TPSA) is 214 Å². The van der Waals surface area contributed by atoms with Gasteiger partial charge in [-0.3, -0.25) is 33.7 Å². The average molecular weight is 681 g/mol. The Balaban J connectivity index is 1.44. The summed E-state index contributed by atoms with van der Waals surface area (Å²) < 4.78 is 27.3. The van der Waals surface area contributed by atoms with Gasteiger partial charge in [0.2, 0.25) is 17.9 Å². The highest BCUT2D eigenvalue weighted by molar-refractivity contribution is 6.06. The SMILES string of the molecule is CC(=O)OC[C@H]1O[C@@H](O/N=C2\C[C@@H](O)[C@@H](O)[C@@H]3[C@@H]4C(=O)N(C5CCCCC5)C(=O)[C@@H]4CC[C@@H]23)C(OC(C)=O)[C@@H](OC(C)=O)C1OC(C)=O. The average Bonchev–Trinajstić information content (AvgIpc) is 3.28. The fourth-order valence-electron chi connectivity index (χ4n) is 8.09. The molecule has 3 aliphatic carbocycles. The van der Waals surface area contributed by atoms with Crippen LogP contribution in [0.5, 0.6) is 0 Å². The molecule has 2 unspecified atom stereocenters. The number of imide groups is 1. The lowest BCUT2D eigenvalue weighted by Crippen LogP contribution is -2.62. The maximum Gasteiger partial charge on any atom is 0.303 e. The van der Waals surface area contributed by atoms with Crippen LogP contribution in [0.4, 0.5) is 0 Å². The number of hydrogen-bond donors (Lipinski definition) is 2. The van der Waals surface area contributed by atoms with Crippen molar-refractivity contribution in [2.75, 3.05) is 6.61 Å². The zero-order valence-electron chi connectivity index (χ0n) is 27.5. The first-order valence-corrected chi connectivity index (χ1v) is 16.5. The van der Waals surface area contributed by atoms with E-state index in [0.29, 0.717) is 18.6 Å². The molecule has 266 valence electrons. The van der Waals surface area contributed by atoms with Crippen LogP contribution in [-0.4, -0.2) is 112 Å². The number of likely N-dealkylation sites (tertiary alicyclic amines) is 1. The summed E-state index contributed by atoms with van der Waals surface area (Å²) in [7, 11) is 0. The van der Waals surface area contributed by atoms with Crippen LogP contribution in [0.25, 0.3) is 0 Å². The van der Waals surface area contributed by atoms with E-state index in [9.17, 15) is 39.0 Å². The van der Waals surface area contributed by atoms with E-state index >= 15 is 0 Å². The van der Waals surface area contributed by atoms with E-state index < -0.39 is 97.1 Å². The fraction of sp³-hybridized carbons (Fsp3) is 0.781. The molecule has 2 saturated heterocycles. The molecule has 2 aliphatic heterocycles. The molecular formula is C32H44N2O14. The van der Waals surface area contributed by atoms with Gasteiger partial charge in [-0.15, -0.1) is 0 Å². The van der Waals surface area contributed by atoms with Crippen LogP contribution in [0.2, 0.25) is 0 Å². The summed E-state index contributed by atoms with van der Waals surface area (Å²) in [4.78, 5) is 82.6. The first kappa shape index (κ1) is 35.7. The third-order valence-corrected chi connectivity index (χ3v) is 9.98. The zero-order chi connectivity index (χ0) is 34.9. The number of rotatable bonds is 8. The second-order valence-corrected chi connectivity index (χ2v) is 13.2. The molecule has 0 radical (unpaired) electrons. The normalized spacial score (nSPS) is 37.7. The third-order valence-electron chi connectivity index (χ3n) is 9.98. The Kier molecular flexibility index (Phi) is 11.0. The Morgan fingerprint density at radius 3 is 2.02 bits per heavy atom. The number of esters is 4. The number of aliphatic hydroxyl groups is 2. The molecule has 5 rings (SSSR count). The van der Waals surface area contributed by atoms with Crippen molar-refractivity contribution < 1.29 is 67.5 Å². The van der Waals surface area contributed by atoms with Gasteiger partial charge in [0, 0.05) is 52.0 Å². The predicted molar refractivity (Wildman–Crippen MR) is 159 cm³/mol. The number of nitrogens with zero attached hydrogens (tertiary/aromatic N) is 2. The van der Waals surface area contributed by atoms with E-state index in [2.05, 4.69) is 5.16 Å². The van der Waals surface area contributed by atoms with E-state index in [1.54, 1.807) is 0 Å². The van der Waals surface area contributed by atoms with Gasteiger partial charge in [0.15, 0.2) is 12.2 Å². The van der Waals surface area contributed by atoms with Crippen molar-refractivity contribution >= 4 is 41.4 Å². The van der Waals surface area contributed by atoms with Gasteiger partial charge in [0.1, 0.15) is 12.7 Å². The summed E-state index contributed by atoms with van der Waals surface area (Å²) >= 11 is 0. The molecule has 2 heterocycles. The summed E-state index contributed by atoms with van der Waals surface area (Å²) in [6.45, 7) is 3.99. The van der Waals surface area contributed by atoms with Crippen molar-refractivity contribution in [2.24, 2.45) is 28.8 Å². The summed E-state index contributed by atoms with van der Waals surface area (Å²) in [6, 6.07) is -0.174. The number of hydrogen-bond acceptors (Lipinski definition) is 15. The number of aliphatic hydroxyl groups excluding tert-OH is 2. The van der Waals surface area contributed by atoms with Crippen LogP contribution >= 0.6 is 0 Å². The van der Waals surface area contributed by atoms with Crippen LogP contribution < -0.4 is 0 Å². The lowest BCUT2D eigenvalue weighted by Gasteiger charge is -2.46. The molecule has 11 atom stereocenters. The number of carbonyl (C=O) groups excluding carboxylic acids is 6. The molecular weight excluding hydrogens is 636 g/mol. The first-order valence-electron chi connectivity index (χ1n) is 16.5. The summed E-state index contributed by atoms with van der Waals surface area (Å²) in [5, 5.41) is 26.5. The smallest absolute Gasteiger partial charge is 0.303 e. The van der Waals surface area contributed by atoms with Gasteiger partial charge >= 0.3 is 23.9 Å². The highest BCUT2D eigenvalue weighted by Gasteiger charge is 2.61. The van der Waals surface area contributed by atoms with E-state index in [1.165, 1.54) is 4.90 Å². The third kappa shape index (κ3) is 7.34. The Bertz CT molecular complexity index is 1310. The number of fused-ring (bicyclic) bond motifs is 3. The lowest BCUT2D eigenvalue weighted by molar-refractivity contribution is -0.308. The Hall–Kier alpha value is -3.63. The molecule has 2 amide bonds. The highest BCUT2D eigenvalue weighted by Crippen LogP contribution is 2.50. The minimum atomic E-state index is -1.59. The second kappa shape index (κ2) is 14.9. The van der Waals surface area contributed by atoms with E-state index in [-0.39, 0.29) is 24.3 Å². The summed E-state index contributed by atoms with van der Waals surface area (Å²) in [6.07, 6.45) is -4.81. The van der Waals surface area contributed by atoms with Crippen LogP contribution in [0.3, 0.4) is 0 Å². The lowest BCUT2D eigenvalue weighted by atomic mass is 9.60. The monoisotopic (exact) mass is 680 g/mol. The van der Waals surface area contributed by atoms with Gasteiger partial charge in [-0.2, -0.15) is 0 Å². The quantitative estimate of drug-likeness (QED) is 0.155. The minimum Gasteiger partial charge on any atom is -0.463 e. The zero-order valence-corrected chi connectivity index (χ0v) is 27.5. The second-order valence-electron chi connectivity index (χ2n) is 13.2. The van der Waals surface area contributed by atoms with Crippen molar-refractivity contribution in [1.82, 2.24) is 4.90 Å². The van der Waals surface area contributed by atoms with E-state index in [4.69, 9.17) is 28.5 Å². The maximum absolute atomic E-state index is 13.9. The van der Waals surface area contributed by atoms with Gasteiger partial charge < -0.3 is 38.7 Å². The minimum absolute atomic E-state index is 0.126. The van der Waals surface area contributed by atoms with Crippen molar-refractivity contribution in [3.63, 3.8) is 0 Å². The van der Waals surface area contributed by atoms with Crippen molar-refractivity contribution in [3.05, 3.63) is 0 Å². The summed E-state index contributed by atoms with van der Waals surface area (Å²) in [5.74, 6) is -6.45. The molecule has 16 heteroatoms. The molecule has 5 fully saturated rings. The molecule has 16 nitrogen and oxygen atoms in total. The van der Waals surface area contributed by atoms with Crippen LogP contribution in [0.15, 0.2) is 5.16 Å². The Morgan fingerprint density at radius 2 is 1.40 bits per heavy atom. The van der Waals surface area contributed by atoms with Crippen molar-refractivity contribution in [3.8, 4) is 0 Å². The molecule has 48 heavy (non-hydrogen) atoms. The predicted octanol–water partition coefficient (Wildman–Crippen LogP) is 0.528. The van der Waals surface area contributed by atoms with Crippen LogP contribution in [0, 0.1) is 23.7 Å². The number of oxime groups is 1. The van der Waals surface area contributed by atoms with Gasteiger partial charge in [-0.25, -0.2) is 0 Å². The maximum atomic E-state index is 13.9. The van der Waals surface area contributed by atoms with Gasteiger partial charge in [-0.1, -0.05) is 24.4 Å². The van der Waals surface area contributed by atoms with Crippen molar-refractivity contribution in [2.45, 2.75) is 128 Å². The molecule has 0 spiro atoms. The number of amides is 2. The number of ether oxygens (including phenoxy) is 5. The Morgan fingerprint density at radius 1 is 0.792 bits per heavy atom. The van der Waals surface area contributed by atoms with Gasteiger partial charge in [-0.05, 0) is 25.7 Å². The highest BCUT2D eigenvalue weighted by atomic mass is 16.8. The van der Waals surface area contributed by atoms with Crippen molar-refractivity contribution in [1.29, 1.82) is 0 Å². The molecule has 0 aromatic rings. The molecule has 0 aromatic carbocycles. The standard InChI is InChI=1S/C32H44N2O14/c1-14(35)43-13-23-27(44-15(2)36)28(45-16(3)37)29(46-17(4)38)32(47-23)48-33-21-12-22(39)26(40)24-19(21)10-11-20-25(24)31(42)34(30(20)41)18-8-6-5-7-9-18/h18-20,22-29,32,39-40H,5-13H2,1-4H3/b33-21+/t19-,20+,22+,23+,24-,25+,26+,27?,28-,29?,32-/m0/s1. The fourth-order valence-corrected chi connectivity index (χ4v) is 8.09. The van der Waals surface area contributed by atoms with E-state index in [1.807, 2.05) is 0 Å². The van der Waals surface area contributed by atoms with E-state index in [0.717, 1.165) is 59.8 Å². The van der Waals surface area contributed by atoms with Crippen LogP contribution in [-0.2, 0) is 57.3 Å². The summed E-state index contributed by atoms with van der Waals surface area (Å²) in [5.41, 5.74) is 0.292. The first-order chi connectivity index (χ1) is 22.8. The molecule has 3 saturated carbocycles. The van der Waals surface area contributed by atoms with Crippen LogP contribution in [0.1, 0.15) is 79.1 Å².